The molecule has 0 aliphatic heterocycles. The van der Waals surface area contributed by atoms with Crippen LogP contribution in [0.1, 0.15) is 31.7 Å². The highest BCUT2D eigenvalue weighted by atomic mass is 16.5. The lowest BCUT2D eigenvalue weighted by Gasteiger charge is -2.16. The smallest absolute Gasteiger partial charge is 0.0480 e. The fraction of sp³-hybridized carbons (Fsp3) is 0.643. The summed E-state index contributed by atoms with van der Waals surface area (Å²) in [4.78, 5) is 4.03. The SMILES string of the molecule is CCCCOCCC(Cc1ccncc1)NC. The maximum Gasteiger partial charge on any atom is 0.0480 e. The molecule has 0 aliphatic rings. The van der Waals surface area contributed by atoms with Crippen molar-refractivity contribution in [2.45, 2.75) is 38.6 Å². The first-order valence-electron chi connectivity index (χ1n) is 6.50. The van der Waals surface area contributed by atoms with Crippen molar-refractivity contribution < 1.29 is 4.74 Å². The van der Waals surface area contributed by atoms with Crippen molar-refractivity contribution in [2.75, 3.05) is 20.3 Å². The van der Waals surface area contributed by atoms with Gasteiger partial charge in [-0.15, -0.1) is 0 Å². The second-order valence-electron chi connectivity index (χ2n) is 4.30. The summed E-state index contributed by atoms with van der Waals surface area (Å²) in [6, 6.07) is 4.63. The largest absolute Gasteiger partial charge is 0.381 e. The maximum atomic E-state index is 5.59. The number of nitrogens with one attached hydrogen (secondary N) is 1. The fourth-order valence-electron chi connectivity index (χ4n) is 1.73. The van der Waals surface area contributed by atoms with Gasteiger partial charge in [0.1, 0.15) is 0 Å². The molecule has 0 spiro atoms. The van der Waals surface area contributed by atoms with Gasteiger partial charge in [-0.3, -0.25) is 4.98 Å². The van der Waals surface area contributed by atoms with Crippen LogP contribution >= 0.6 is 0 Å². The van der Waals surface area contributed by atoms with Gasteiger partial charge in [0.05, 0.1) is 0 Å². The van der Waals surface area contributed by atoms with Crippen molar-refractivity contribution in [2.24, 2.45) is 0 Å². The molecule has 0 amide bonds. The monoisotopic (exact) mass is 236 g/mol. The van der Waals surface area contributed by atoms with Crippen LogP contribution in [0, 0.1) is 0 Å². The molecule has 3 heteroatoms. The molecule has 1 aromatic rings. The number of pyridine rings is 1. The third-order valence-electron chi connectivity index (χ3n) is 2.89. The number of nitrogens with zero attached hydrogens (tertiary/aromatic N) is 1. The lowest BCUT2D eigenvalue weighted by molar-refractivity contribution is 0.122. The van der Waals surface area contributed by atoms with E-state index in [0.29, 0.717) is 6.04 Å². The van der Waals surface area contributed by atoms with Gasteiger partial charge in [-0.05, 0) is 44.0 Å². The van der Waals surface area contributed by atoms with Crippen LogP contribution in [0.15, 0.2) is 24.5 Å². The summed E-state index contributed by atoms with van der Waals surface area (Å²) in [7, 11) is 2.01. The van der Waals surface area contributed by atoms with Crippen LogP contribution in [0.5, 0.6) is 0 Å². The molecular weight excluding hydrogens is 212 g/mol. The predicted octanol–water partition coefficient (Wildman–Crippen LogP) is 2.42. The minimum absolute atomic E-state index is 0.485. The van der Waals surface area contributed by atoms with Crippen molar-refractivity contribution in [1.82, 2.24) is 10.3 Å². The zero-order valence-electron chi connectivity index (χ0n) is 11.0. The first kappa shape index (κ1) is 14.1. The van der Waals surface area contributed by atoms with E-state index in [2.05, 4.69) is 29.4 Å². The Labute approximate surface area is 105 Å². The second kappa shape index (κ2) is 9.14. The summed E-state index contributed by atoms with van der Waals surface area (Å²) in [6.45, 7) is 3.92. The molecule has 1 heterocycles. The Morgan fingerprint density at radius 2 is 2.06 bits per heavy atom. The Kier molecular flexibility index (Phi) is 7.60. The van der Waals surface area contributed by atoms with Crippen molar-refractivity contribution in [3.63, 3.8) is 0 Å². The van der Waals surface area contributed by atoms with Crippen LogP contribution in [0.3, 0.4) is 0 Å². The van der Waals surface area contributed by atoms with Crippen LogP contribution < -0.4 is 5.32 Å². The molecule has 0 saturated carbocycles. The highest BCUT2D eigenvalue weighted by Gasteiger charge is 2.06. The number of likely N-dealkylation sites (N-methyl/N-ethyl adjacent to an activating group) is 1. The lowest BCUT2D eigenvalue weighted by atomic mass is 10.1. The summed E-state index contributed by atoms with van der Waals surface area (Å²) in [5.41, 5.74) is 1.33. The molecule has 3 nitrogen and oxygen atoms in total. The van der Waals surface area contributed by atoms with E-state index in [1.165, 1.54) is 12.0 Å². The number of hydrogen-bond donors (Lipinski definition) is 1. The van der Waals surface area contributed by atoms with Crippen molar-refractivity contribution >= 4 is 0 Å². The van der Waals surface area contributed by atoms with Gasteiger partial charge < -0.3 is 10.1 Å². The summed E-state index contributed by atoms with van der Waals surface area (Å²) in [5, 5.41) is 3.34. The lowest BCUT2D eigenvalue weighted by Crippen LogP contribution is -2.29. The number of unbranched alkanes of at least 4 members (excludes halogenated alkanes) is 1. The zero-order valence-corrected chi connectivity index (χ0v) is 11.0. The van der Waals surface area contributed by atoms with Gasteiger partial charge in [0.25, 0.3) is 0 Å². The van der Waals surface area contributed by atoms with Gasteiger partial charge in [-0.25, -0.2) is 0 Å². The molecule has 0 aromatic carbocycles. The number of ether oxygens (including phenoxy) is 1. The van der Waals surface area contributed by atoms with E-state index in [1.54, 1.807) is 0 Å². The Morgan fingerprint density at radius 1 is 1.29 bits per heavy atom. The van der Waals surface area contributed by atoms with Crippen molar-refractivity contribution in [3.8, 4) is 0 Å². The Morgan fingerprint density at radius 3 is 2.71 bits per heavy atom. The summed E-state index contributed by atoms with van der Waals surface area (Å²) < 4.78 is 5.59. The van der Waals surface area contributed by atoms with Gasteiger partial charge in [-0.2, -0.15) is 0 Å². The second-order valence-corrected chi connectivity index (χ2v) is 4.30. The topological polar surface area (TPSA) is 34.1 Å². The van der Waals surface area contributed by atoms with Crippen LogP contribution in [-0.2, 0) is 11.2 Å². The minimum Gasteiger partial charge on any atom is -0.381 e. The number of aromatic nitrogens is 1. The average Bonchev–Trinajstić information content (AvgIpc) is 2.38. The van der Waals surface area contributed by atoms with E-state index in [1.807, 2.05) is 19.4 Å². The third-order valence-corrected chi connectivity index (χ3v) is 2.89. The standard InChI is InChI=1S/C14H24N2O/c1-3-4-10-17-11-7-14(15-2)12-13-5-8-16-9-6-13/h5-6,8-9,14-15H,3-4,7,10-12H2,1-2H3. The molecule has 0 saturated heterocycles. The van der Waals surface area contributed by atoms with E-state index >= 15 is 0 Å². The number of rotatable bonds is 9. The molecule has 0 aliphatic carbocycles. The van der Waals surface area contributed by atoms with Crippen molar-refractivity contribution in [1.29, 1.82) is 0 Å². The molecule has 1 unspecified atom stereocenters. The quantitative estimate of drug-likeness (QED) is 0.669. The fourth-order valence-corrected chi connectivity index (χ4v) is 1.73. The zero-order chi connectivity index (χ0) is 12.3. The van der Waals surface area contributed by atoms with Crippen LogP contribution in [0.25, 0.3) is 0 Å². The predicted molar refractivity (Wildman–Crippen MR) is 71.1 cm³/mol. The molecule has 1 rings (SSSR count). The van der Waals surface area contributed by atoms with E-state index in [9.17, 15) is 0 Å². The van der Waals surface area contributed by atoms with E-state index < -0.39 is 0 Å². The summed E-state index contributed by atoms with van der Waals surface area (Å²) in [6.07, 6.45) is 8.15. The highest BCUT2D eigenvalue weighted by molar-refractivity contribution is 5.11. The van der Waals surface area contributed by atoms with Crippen molar-refractivity contribution in [3.05, 3.63) is 30.1 Å². The first-order chi connectivity index (χ1) is 8.36. The minimum atomic E-state index is 0.485. The third kappa shape index (κ3) is 6.39. The molecule has 1 aromatic heterocycles. The van der Waals surface area contributed by atoms with Crippen LogP contribution in [0.2, 0.25) is 0 Å². The Hall–Kier alpha value is -0.930. The number of hydrogen-bond acceptors (Lipinski definition) is 3. The first-order valence-corrected chi connectivity index (χ1v) is 6.50. The summed E-state index contributed by atoms with van der Waals surface area (Å²) >= 11 is 0. The molecule has 17 heavy (non-hydrogen) atoms. The molecule has 0 radical (unpaired) electrons. The highest BCUT2D eigenvalue weighted by Crippen LogP contribution is 2.05. The molecular formula is C14H24N2O. The molecule has 0 bridgehead atoms. The maximum absolute atomic E-state index is 5.59. The van der Waals surface area contributed by atoms with Gasteiger partial charge in [0, 0.05) is 31.6 Å². The molecule has 96 valence electrons. The summed E-state index contributed by atoms with van der Waals surface area (Å²) in [5.74, 6) is 0. The van der Waals surface area contributed by atoms with Gasteiger partial charge >= 0.3 is 0 Å². The van der Waals surface area contributed by atoms with Gasteiger partial charge in [0.2, 0.25) is 0 Å². The molecule has 0 fully saturated rings. The van der Waals surface area contributed by atoms with Gasteiger partial charge in [-0.1, -0.05) is 13.3 Å². The Bertz CT molecular complexity index is 277. The molecule has 1 atom stereocenters. The van der Waals surface area contributed by atoms with Crippen LogP contribution in [0.4, 0.5) is 0 Å². The van der Waals surface area contributed by atoms with Gasteiger partial charge in [0.15, 0.2) is 0 Å². The van der Waals surface area contributed by atoms with E-state index in [-0.39, 0.29) is 0 Å². The van der Waals surface area contributed by atoms with Crippen LogP contribution in [-0.4, -0.2) is 31.3 Å². The van der Waals surface area contributed by atoms with E-state index in [0.717, 1.165) is 32.5 Å². The average molecular weight is 236 g/mol. The molecule has 1 N–H and O–H groups in total. The van der Waals surface area contributed by atoms with E-state index in [4.69, 9.17) is 4.74 Å². The Balaban J connectivity index is 2.20. The normalized spacial score (nSPS) is 12.6.